The van der Waals surface area contributed by atoms with Gasteiger partial charge in [-0.15, -0.1) is 9.36 Å². The molecule has 1 heterocycles. The van der Waals surface area contributed by atoms with Crippen molar-refractivity contribution in [3.63, 3.8) is 0 Å². The zero-order valence-electron chi connectivity index (χ0n) is 18.6. The molecule has 2 aromatic carbocycles. The summed E-state index contributed by atoms with van der Waals surface area (Å²) in [4.78, 5) is 0. The fourth-order valence-electron chi connectivity index (χ4n) is 2.69. The van der Waals surface area contributed by atoms with E-state index in [4.69, 9.17) is 21.9 Å². The predicted octanol–water partition coefficient (Wildman–Crippen LogP) is 2.12. The first-order chi connectivity index (χ1) is 16.3. The van der Waals surface area contributed by atoms with Crippen LogP contribution < -0.4 is 9.42 Å². The summed E-state index contributed by atoms with van der Waals surface area (Å²) in [5, 5.41) is 6.41. The number of ether oxygens (including phenoxy) is 1. The number of hydrogen-bond donors (Lipinski definition) is 0. The summed E-state index contributed by atoms with van der Waals surface area (Å²) in [6.45, 7) is 1.05. The molecule has 0 radical (unpaired) electrons. The van der Waals surface area contributed by atoms with Crippen LogP contribution in [0.1, 0.15) is 12.8 Å². The highest BCUT2D eigenvalue weighted by Gasteiger charge is 2.36. The SMILES string of the molecule is C[n+]1ccn(CCCS(=O)(=O)OCCCOc2ccc3ccccc3c2)n1.O=S(=O)([O-])C(F)(F)F. The quantitative estimate of drug-likeness (QED) is 0.126. The van der Waals surface area contributed by atoms with Gasteiger partial charge in [0.15, 0.2) is 22.5 Å². The molecular formula is C20H24F3N3O7S2. The summed E-state index contributed by atoms with van der Waals surface area (Å²) < 4.78 is 96.8. The van der Waals surface area contributed by atoms with Crippen LogP contribution in [0.5, 0.6) is 5.75 Å². The van der Waals surface area contributed by atoms with Crippen molar-refractivity contribution >= 4 is 31.0 Å². The van der Waals surface area contributed by atoms with Crippen molar-refractivity contribution in [1.29, 1.82) is 0 Å². The normalized spacial score (nSPS) is 12.3. The second-order valence-corrected chi connectivity index (χ2v) is 10.3. The summed E-state index contributed by atoms with van der Waals surface area (Å²) in [6, 6.07) is 13.9. The molecule has 0 amide bonds. The van der Waals surface area contributed by atoms with Crippen molar-refractivity contribution in [3.05, 3.63) is 54.9 Å². The summed E-state index contributed by atoms with van der Waals surface area (Å²) >= 11 is 0. The monoisotopic (exact) mass is 539 g/mol. The van der Waals surface area contributed by atoms with Gasteiger partial charge in [0.1, 0.15) is 19.3 Å². The van der Waals surface area contributed by atoms with Gasteiger partial charge in [0, 0.05) is 12.8 Å². The summed E-state index contributed by atoms with van der Waals surface area (Å²) in [5.41, 5.74) is -5.65. The van der Waals surface area contributed by atoms with Gasteiger partial charge in [0.25, 0.3) is 10.1 Å². The van der Waals surface area contributed by atoms with Crippen LogP contribution in [0.15, 0.2) is 54.9 Å². The van der Waals surface area contributed by atoms with E-state index in [-0.39, 0.29) is 12.4 Å². The van der Waals surface area contributed by atoms with Gasteiger partial charge in [-0.05, 0) is 22.9 Å². The average molecular weight is 540 g/mol. The van der Waals surface area contributed by atoms with Crippen LogP contribution in [0.4, 0.5) is 13.2 Å². The third-order valence-corrected chi connectivity index (χ3v) is 6.20. The third-order valence-electron chi connectivity index (χ3n) is 4.32. The van der Waals surface area contributed by atoms with Gasteiger partial charge >= 0.3 is 5.51 Å². The van der Waals surface area contributed by atoms with Crippen molar-refractivity contribution in [2.24, 2.45) is 7.05 Å². The van der Waals surface area contributed by atoms with Gasteiger partial charge in [0.05, 0.1) is 24.2 Å². The molecule has 15 heteroatoms. The summed E-state index contributed by atoms with van der Waals surface area (Å²) in [5.74, 6) is 0.742. The molecule has 0 unspecified atom stereocenters. The molecule has 35 heavy (non-hydrogen) atoms. The Hall–Kier alpha value is -2.75. The van der Waals surface area contributed by atoms with Gasteiger partial charge in [-0.1, -0.05) is 30.3 Å². The van der Waals surface area contributed by atoms with Gasteiger partial charge in [-0.2, -0.15) is 21.6 Å². The van der Waals surface area contributed by atoms with Crippen LogP contribution in [0.25, 0.3) is 10.8 Å². The molecule has 0 fully saturated rings. The minimum atomic E-state index is -6.09. The first-order valence-electron chi connectivity index (χ1n) is 10.2. The highest BCUT2D eigenvalue weighted by Crippen LogP contribution is 2.21. The van der Waals surface area contributed by atoms with Gasteiger partial charge < -0.3 is 9.29 Å². The van der Waals surface area contributed by atoms with Crippen molar-refractivity contribution in [1.82, 2.24) is 9.90 Å². The maximum Gasteiger partial charge on any atom is 0.485 e. The number of nitrogens with zero attached hydrogens (tertiary/aromatic N) is 3. The van der Waals surface area contributed by atoms with Gasteiger partial charge in [-0.3, -0.25) is 4.18 Å². The molecule has 0 aliphatic carbocycles. The van der Waals surface area contributed by atoms with Crippen LogP contribution in [0, 0.1) is 0 Å². The highest BCUT2D eigenvalue weighted by atomic mass is 32.2. The van der Waals surface area contributed by atoms with E-state index in [9.17, 15) is 21.6 Å². The third kappa shape index (κ3) is 10.2. The number of rotatable bonds is 10. The molecule has 0 saturated carbocycles. The van der Waals surface area contributed by atoms with E-state index >= 15 is 0 Å². The Bertz CT molecular complexity index is 1310. The molecule has 0 aliphatic heterocycles. The van der Waals surface area contributed by atoms with E-state index in [1.54, 1.807) is 21.8 Å². The molecule has 3 rings (SSSR count). The van der Waals surface area contributed by atoms with E-state index in [0.717, 1.165) is 16.5 Å². The number of aromatic nitrogens is 3. The fourth-order valence-corrected chi connectivity index (χ4v) is 3.66. The maximum atomic E-state index is 11.9. The van der Waals surface area contributed by atoms with Crippen molar-refractivity contribution < 1.29 is 48.2 Å². The number of benzene rings is 2. The lowest BCUT2D eigenvalue weighted by atomic mass is 10.1. The lowest BCUT2D eigenvalue weighted by Crippen LogP contribution is -2.30. The Morgan fingerprint density at radius 2 is 1.69 bits per heavy atom. The number of fused-ring (bicyclic) bond motifs is 1. The smallest absolute Gasteiger partial charge is 0.485 e. The second-order valence-electron chi connectivity index (χ2n) is 7.17. The Balaban J connectivity index is 0.000000466. The Morgan fingerprint density at radius 1 is 1.03 bits per heavy atom. The zero-order valence-corrected chi connectivity index (χ0v) is 20.2. The summed E-state index contributed by atoms with van der Waals surface area (Å²) in [6.07, 6.45) is 4.57. The molecule has 3 aromatic rings. The molecule has 10 nitrogen and oxygen atoms in total. The lowest BCUT2D eigenvalue weighted by molar-refractivity contribution is -0.732. The second kappa shape index (κ2) is 12.3. The molecule has 0 aliphatic rings. The first kappa shape index (κ1) is 28.5. The number of halogens is 3. The summed E-state index contributed by atoms with van der Waals surface area (Å²) in [7, 11) is -7.80. The first-order valence-corrected chi connectivity index (χ1v) is 13.2. The fraction of sp³-hybridized carbons (Fsp3) is 0.400. The number of hydrogen-bond acceptors (Lipinski definition) is 8. The van der Waals surface area contributed by atoms with E-state index < -0.39 is 25.7 Å². The molecule has 0 bridgehead atoms. The molecule has 194 valence electrons. The minimum absolute atomic E-state index is 0.0257. The highest BCUT2D eigenvalue weighted by molar-refractivity contribution is 7.86. The van der Waals surface area contributed by atoms with Crippen molar-refractivity contribution in [2.45, 2.75) is 24.9 Å². The Morgan fingerprint density at radius 3 is 2.29 bits per heavy atom. The standard InChI is InChI=1S/C19H24N3O4S.CHF3O3S/c1-21-11-12-22(20-21)10-4-15-27(23,24)26-14-5-13-25-19-9-8-17-6-2-3-7-18(17)16-19;2-1(3,4)8(5,6)7/h2-3,6-9,11-12,16H,4-5,10,13-15H2,1H3;(H,5,6,7)/q+1;/p-1. The molecule has 0 spiro atoms. The van der Waals surface area contributed by atoms with Crippen LogP contribution in [-0.2, 0) is 38.0 Å². The number of aryl methyl sites for hydroxylation is 2. The van der Waals surface area contributed by atoms with Gasteiger partial charge in [0.2, 0.25) is 0 Å². The van der Waals surface area contributed by atoms with E-state index in [1.807, 2.05) is 49.5 Å². The van der Waals surface area contributed by atoms with E-state index in [0.29, 0.717) is 26.0 Å². The van der Waals surface area contributed by atoms with E-state index in [2.05, 4.69) is 5.21 Å². The lowest BCUT2D eigenvalue weighted by Gasteiger charge is -2.08. The van der Waals surface area contributed by atoms with Gasteiger partial charge in [-0.25, -0.2) is 8.42 Å². The zero-order chi connectivity index (χ0) is 26.1. The molecule has 0 atom stereocenters. The maximum absolute atomic E-state index is 11.9. The molecular weight excluding hydrogens is 515 g/mol. The van der Waals surface area contributed by atoms with E-state index in [1.165, 1.54) is 0 Å². The van der Waals surface area contributed by atoms with Crippen LogP contribution >= 0.6 is 0 Å². The average Bonchev–Trinajstić information content (AvgIpc) is 3.17. The largest absolute Gasteiger partial charge is 0.741 e. The molecule has 0 N–H and O–H groups in total. The van der Waals surface area contributed by atoms with Crippen molar-refractivity contribution in [3.8, 4) is 5.75 Å². The van der Waals surface area contributed by atoms with Crippen LogP contribution in [0.2, 0.25) is 0 Å². The Kier molecular flexibility index (Phi) is 10.00. The topological polar surface area (TPSA) is 132 Å². The molecule has 0 saturated heterocycles. The van der Waals surface area contributed by atoms with Crippen molar-refractivity contribution in [2.75, 3.05) is 19.0 Å². The predicted molar refractivity (Wildman–Crippen MR) is 118 cm³/mol. The Labute approximate surface area is 200 Å². The van der Waals surface area contributed by atoms with Crippen LogP contribution in [-0.4, -0.2) is 55.8 Å². The molecule has 1 aromatic heterocycles. The van der Waals surface area contributed by atoms with Crippen LogP contribution in [0.3, 0.4) is 0 Å². The number of alkyl halides is 3. The minimum Gasteiger partial charge on any atom is -0.741 e.